The molecule has 0 spiro atoms. The van der Waals surface area contributed by atoms with Gasteiger partial charge in [-0.1, -0.05) is 6.07 Å². The van der Waals surface area contributed by atoms with Crippen LogP contribution in [0.5, 0.6) is 40.4 Å². The van der Waals surface area contributed by atoms with E-state index in [1.165, 1.54) is 38.6 Å². The predicted octanol–water partition coefficient (Wildman–Crippen LogP) is 3.84. The lowest BCUT2D eigenvalue weighted by Gasteiger charge is -2.16. The van der Waals surface area contributed by atoms with Crippen molar-refractivity contribution in [3.63, 3.8) is 0 Å². The van der Waals surface area contributed by atoms with Crippen LogP contribution in [0.3, 0.4) is 0 Å². The van der Waals surface area contributed by atoms with Gasteiger partial charge in [-0.25, -0.2) is 23.2 Å². The molecule has 0 atom stereocenters. The van der Waals surface area contributed by atoms with Gasteiger partial charge >= 0.3 is 6.09 Å². The van der Waals surface area contributed by atoms with Crippen LogP contribution in [0.25, 0.3) is 0 Å². The zero-order valence-electron chi connectivity index (χ0n) is 22.8. The van der Waals surface area contributed by atoms with Gasteiger partial charge in [0.25, 0.3) is 15.9 Å². The summed E-state index contributed by atoms with van der Waals surface area (Å²) in [6, 6.07) is 13.9. The molecule has 1 amide bonds. The Bertz CT molecular complexity index is 1680. The number of carbonyl (C=O) groups excluding carboxylic acids is 1. The zero-order chi connectivity index (χ0) is 30.2. The fraction of sp³-hybridized carbons (Fsp3) is 0.185. The van der Waals surface area contributed by atoms with Crippen LogP contribution in [-0.4, -0.2) is 63.7 Å². The topological polar surface area (TPSA) is 179 Å². The lowest BCUT2D eigenvalue weighted by molar-refractivity contribution is 0.135. The summed E-state index contributed by atoms with van der Waals surface area (Å²) in [5, 5.41) is 2.48. The Morgan fingerprint density at radius 2 is 1.67 bits per heavy atom. The number of aromatic nitrogens is 3. The van der Waals surface area contributed by atoms with E-state index in [1.807, 2.05) is 0 Å². The lowest BCUT2D eigenvalue weighted by atomic mass is 10.3. The maximum atomic E-state index is 13.3. The van der Waals surface area contributed by atoms with Crippen molar-refractivity contribution in [2.75, 3.05) is 44.3 Å². The van der Waals surface area contributed by atoms with Crippen LogP contribution in [0.15, 0.2) is 72.0 Å². The lowest BCUT2D eigenvalue weighted by Crippen LogP contribution is -2.19. The molecule has 15 nitrogen and oxygen atoms in total. The van der Waals surface area contributed by atoms with Crippen molar-refractivity contribution < 1.29 is 46.4 Å². The SMILES string of the molecule is COc1cc(OC)cc(Oc2c(NS(=O)(=O)c3ccc4c(c3)OCO4)ncnc2OCCOC(=O)Nc2ccccn2)c1. The Morgan fingerprint density at radius 1 is 0.907 bits per heavy atom. The van der Waals surface area contributed by atoms with Gasteiger partial charge in [0.1, 0.15) is 42.6 Å². The maximum absolute atomic E-state index is 13.3. The first-order valence-corrected chi connectivity index (χ1v) is 14.0. The number of sulfonamides is 1. The minimum atomic E-state index is -4.20. The largest absolute Gasteiger partial charge is 0.496 e. The molecule has 5 rings (SSSR count). The fourth-order valence-corrected chi connectivity index (χ4v) is 4.69. The number of ether oxygens (including phenoxy) is 7. The number of fused-ring (bicyclic) bond motifs is 1. The number of methoxy groups -OCH3 is 2. The van der Waals surface area contributed by atoms with Gasteiger partial charge in [-0.3, -0.25) is 10.0 Å². The molecule has 224 valence electrons. The van der Waals surface area contributed by atoms with Crippen LogP contribution < -0.4 is 38.5 Å². The summed E-state index contributed by atoms with van der Waals surface area (Å²) in [5.41, 5.74) is 0. The molecule has 1 aliphatic rings. The third-order valence-corrected chi connectivity index (χ3v) is 6.99. The average molecular weight is 612 g/mol. The first-order chi connectivity index (χ1) is 20.8. The van der Waals surface area contributed by atoms with Crippen LogP contribution in [0.4, 0.5) is 16.4 Å². The molecular formula is C27H25N5O10S. The van der Waals surface area contributed by atoms with Crippen molar-refractivity contribution in [1.82, 2.24) is 15.0 Å². The molecular weight excluding hydrogens is 586 g/mol. The van der Waals surface area contributed by atoms with Crippen molar-refractivity contribution in [3.05, 3.63) is 67.1 Å². The number of benzene rings is 2. The molecule has 0 aliphatic carbocycles. The predicted molar refractivity (Wildman–Crippen MR) is 150 cm³/mol. The monoisotopic (exact) mass is 611 g/mol. The van der Waals surface area contributed by atoms with E-state index in [0.717, 1.165) is 6.33 Å². The molecule has 3 heterocycles. The number of nitrogens with zero attached hydrogens (tertiary/aromatic N) is 3. The third-order valence-electron chi connectivity index (χ3n) is 5.65. The van der Waals surface area contributed by atoms with Crippen LogP contribution in [0.1, 0.15) is 0 Å². The number of carbonyl (C=O) groups is 1. The number of hydrogen-bond acceptors (Lipinski definition) is 13. The first kappa shape index (κ1) is 29.0. The highest BCUT2D eigenvalue weighted by Gasteiger charge is 2.25. The van der Waals surface area contributed by atoms with Gasteiger partial charge in [0.05, 0.1) is 19.1 Å². The summed E-state index contributed by atoms with van der Waals surface area (Å²) in [6.07, 6.45) is 1.86. The number of hydrogen-bond donors (Lipinski definition) is 2. The zero-order valence-corrected chi connectivity index (χ0v) is 23.6. The maximum Gasteiger partial charge on any atom is 0.412 e. The summed E-state index contributed by atoms with van der Waals surface area (Å²) >= 11 is 0. The summed E-state index contributed by atoms with van der Waals surface area (Å²) in [4.78, 5) is 24.1. The van der Waals surface area contributed by atoms with Gasteiger partial charge in [-0.15, -0.1) is 0 Å². The Labute approximate surface area is 245 Å². The molecule has 2 N–H and O–H groups in total. The molecule has 16 heteroatoms. The summed E-state index contributed by atoms with van der Waals surface area (Å²) < 4.78 is 67.1. The van der Waals surface area contributed by atoms with E-state index in [1.54, 1.807) is 36.4 Å². The molecule has 0 bridgehead atoms. The summed E-state index contributed by atoms with van der Waals surface area (Å²) in [6.45, 7) is -0.373. The first-order valence-electron chi connectivity index (χ1n) is 12.5. The Balaban J connectivity index is 1.37. The number of rotatable bonds is 12. The second kappa shape index (κ2) is 13.0. The van der Waals surface area contributed by atoms with Gasteiger partial charge < -0.3 is 33.2 Å². The average Bonchev–Trinajstić information content (AvgIpc) is 3.49. The molecule has 0 saturated carbocycles. The van der Waals surface area contributed by atoms with Crippen molar-refractivity contribution >= 4 is 27.8 Å². The normalized spacial score (nSPS) is 11.8. The number of anilines is 2. The van der Waals surface area contributed by atoms with Gasteiger partial charge in [0.2, 0.25) is 12.5 Å². The molecule has 4 aromatic rings. The van der Waals surface area contributed by atoms with Crippen LogP contribution in [0.2, 0.25) is 0 Å². The van der Waals surface area contributed by atoms with E-state index < -0.39 is 16.1 Å². The Morgan fingerprint density at radius 3 is 2.42 bits per heavy atom. The minimum absolute atomic E-state index is 0.0185. The third kappa shape index (κ3) is 7.23. The van der Waals surface area contributed by atoms with Crippen molar-refractivity contribution in [3.8, 4) is 40.4 Å². The Kier molecular flexibility index (Phi) is 8.76. The summed E-state index contributed by atoms with van der Waals surface area (Å²) in [5.74, 6) is 1.46. The second-order valence-electron chi connectivity index (χ2n) is 8.45. The molecule has 1 aliphatic heterocycles. The van der Waals surface area contributed by atoms with E-state index in [2.05, 4.69) is 25.0 Å². The van der Waals surface area contributed by atoms with Gasteiger partial charge in [0, 0.05) is 30.5 Å². The van der Waals surface area contributed by atoms with Gasteiger partial charge in [-0.2, -0.15) is 4.98 Å². The fourth-order valence-electron chi connectivity index (χ4n) is 3.66. The highest BCUT2D eigenvalue weighted by atomic mass is 32.2. The van der Waals surface area contributed by atoms with E-state index in [4.69, 9.17) is 33.2 Å². The highest BCUT2D eigenvalue weighted by molar-refractivity contribution is 7.92. The number of amides is 1. The molecule has 0 fully saturated rings. The standard InChI is InChI=1S/C27H25N5O10S/c1-36-17-11-18(37-2)13-19(12-17)42-24-25(32-43(34,35)20-6-7-21-22(14-20)41-16-40-21)29-15-30-26(24)38-9-10-39-27(33)31-23-5-3-4-8-28-23/h3-8,11-15H,9-10,16H2,1-2H3,(H,28,31,33)(H,29,30,32). The van der Waals surface area contributed by atoms with Gasteiger partial charge in [-0.05, 0) is 24.3 Å². The van der Waals surface area contributed by atoms with Crippen molar-refractivity contribution in [1.29, 1.82) is 0 Å². The van der Waals surface area contributed by atoms with E-state index in [-0.39, 0.29) is 53.8 Å². The molecule has 2 aromatic carbocycles. The van der Waals surface area contributed by atoms with Crippen LogP contribution in [0, 0.1) is 0 Å². The highest BCUT2D eigenvalue weighted by Crippen LogP contribution is 2.40. The number of pyridine rings is 1. The second-order valence-corrected chi connectivity index (χ2v) is 10.1. The van der Waals surface area contributed by atoms with Crippen molar-refractivity contribution in [2.24, 2.45) is 0 Å². The van der Waals surface area contributed by atoms with Crippen LogP contribution >= 0.6 is 0 Å². The van der Waals surface area contributed by atoms with Crippen molar-refractivity contribution in [2.45, 2.75) is 4.90 Å². The molecule has 0 unspecified atom stereocenters. The quantitative estimate of drug-likeness (QED) is 0.221. The van der Waals surface area contributed by atoms with E-state index >= 15 is 0 Å². The minimum Gasteiger partial charge on any atom is -0.496 e. The molecule has 43 heavy (non-hydrogen) atoms. The number of nitrogens with one attached hydrogen (secondary N) is 2. The van der Waals surface area contributed by atoms with Crippen LogP contribution in [-0.2, 0) is 14.8 Å². The van der Waals surface area contributed by atoms with Gasteiger partial charge in [0.15, 0.2) is 17.3 Å². The molecule has 0 radical (unpaired) electrons. The summed E-state index contributed by atoms with van der Waals surface area (Å²) in [7, 11) is -1.27. The van der Waals surface area contributed by atoms with E-state index in [9.17, 15) is 13.2 Å². The molecule has 2 aromatic heterocycles. The molecule has 0 saturated heterocycles. The van der Waals surface area contributed by atoms with E-state index in [0.29, 0.717) is 23.1 Å². The smallest absolute Gasteiger partial charge is 0.412 e. The Hall–Kier alpha value is -5.51.